The Balaban J connectivity index is 1.67. The van der Waals surface area contributed by atoms with Crippen molar-refractivity contribution in [3.05, 3.63) is 46.5 Å². The molecule has 2 N–H and O–H groups in total. The summed E-state index contributed by atoms with van der Waals surface area (Å²) < 4.78 is 44.0. The predicted octanol–water partition coefficient (Wildman–Crippen LogP) is 3.13. The zero-order valence-electron chi connectivity index (χ0n) is 16.2. The molecule has 11 heteroatoms. The number of nitrogens with zero attached hydrogens (tertiary/aromatic N) is 2. The van der Waals surface area contributed by atoms with E-state index in [0.29, 0.717) is 29.5 Å². The normalized spacial score (nSPS) is 15.6. The van der Waals surface area contributed by atoms with E-state index in [4.69, 9.17) is 4.74 Å². The van der Waals surface area contributed by atoms with E-state index >= 15 is 0 Å². The molecule has 3 rings (SSSR count). The number of hydrogen-bond donors (Lipinski definition) is 2. The SMILES string of the molecule is COCC(NC(=O)Cc1csc(N2CCCNC2=O)n1)c1cccc(C(F)(F)F)c1. The number of methoxy groups -OCH3 is 1. The summed E-state index contributed by atoms with van der Waals surface area (Å²) in [5, 5.41) is 7.62. The molecule has 1 aliphatic heterocycles. The first kappa shape index (κ1) is 22.0. The number of amides is 3. The van der Waals surface area contributed by atoms with E-state index in [1.165, 1.54) is 35.5 Å². The minimum Gasteiger partial charge on any atom is -0.382 e. The molecule has 0 aliphatic carbocycles. The second-order valence-electron chi connectivity index (χ2n) is 6.73. The number of hydrogen-bond acceptors (Lipinski definition) is 5. The smallest absolute Gasteiger partial charge is 0.382 e. The van der Waals surface area contributed by atoms with Crippen LogP contribution in [0, 0.1) is 0 Å². The molecule has 0 saturated carbocycles. The lowest BCUT2D eigenvalue weighted by molar-refractivity contribution is -0.137. The first-order chi connectivity index (χ1) is 14.3. The van der Waals surface area contributed by atoms with Gasteiger partial charge >= 0.3 is 12.2 Å². The lowest BCUT2D eigenvalue weighted by atomic mass is 10.0. The number of alkyl halides is 3. The highest BCUT2D eigenvalue weighted by atomic mass is 32.1. The summed E-state index contributed by atoms with van der Waals surface area (Å²) in [5.74, 6) is -0.408. The summed E-state index contributed by atoms with van der Waals surface area (Å²) in [5.41, 5.74) is -0.0191. The number of carbonyl (C=O) groups is 2. The first-order valence-electron chi connectivity index (χ1n) is 9.23. The van der Waals surface area contributed by atoms with E-state index in [1.807, 2.05) is 0 Å². The molecular formula is C19H21F3N4O3S. The van der Waals surface area contributed by atoms with Crippen molar-refractivity contribution < 1.29 is 27.5 Å². The van der Waals surface area contributed by atoms with Crippen molar-refractivity contribution in [1.29, 1.82) is 0 Å². The minimum atomic E-state index is -4.48. The number of anilines is 1. The van der Waals surface area contributed by atoms with E-state index in [0.717, 1.165) is 18.6 Å². The Kier molecular flexibility index (Phi) is 6.93. The molecule has 1 aromatic heterocycles. The standard InChI is InChI=1S/C19H21F3N4O3S/c1-29-10-15(12-4-2-5-13(8-12)19(20,21)22)25-16(27)9-14-11-30-18(24-14)26-7-3-6-23-17(26)28/h2,4-5,8,11,15H,3,6-7,9-10H2,1H3,(H,23,28)(H,25,27). The van der Waals surface area contributed by atoms with E-state index < -0.39 is 23.7 Å². The van der Waals surface area contributed by atoms with E-state index in [1.54, 1.807) is 5.38 Å². The molecule has 30 heavy (non-hydrogen) atoms. The number of carbonyl (C=O) groups excluding carboxylic acids is 2. The predicted molar refractivity (Wildman–Crippen MR) is 105 cm³/mol. The van der Waals surface area contributed by atoms with Gasteiger partial charge in [-0.15, -0.1) is 11.3 Å². The molecule has 0 radical (unpaired) electrons. The largest absolute Gasteiger partial charge is 0.416 e. The Morgan fingerprint density at radius 2 is 2.23 bits per heavy atom. The van der Waals surface area contributed by atoms with Gasteiger partial charge in [0, 0.05) is 25.6 Å². The molecule has 1 aliphatic rings. The number of thiazole rings is 1. The van der Waals surface area contributed by atoms with Crippen LogP contribution in [0.2, 0.25) is 0 Å². The van der Waals surface area contributed by atoms with Gasteiger partial charge in [-0.25, -0.2) is 9.78 Å². The van der Waals surface area contributed by atoms with Crippen LogP contribution in [0.4, 0.5) is 23.1 Å². The number of ether oxygens (including phenoxy) is 1. The summed E-state index contributed by atoms with van der Waals surface area (Å²) in [6, 6.07) is 3.81. The van der Waals surface area contributed by atoms with Gasteiger partial charge in [-0.1, -0.05) is 12.1 Å². The van der Waals surface area contributed by atoms with Gasteiger partial charge in [0.15, 0.2) is 5.13 Å². The van der Waals surface area contributed by atoms with Gasteiger partial charge in [-0.2, -0.15) is 13.2 Å². The third-order valence-electron chi connectivity index (χ3n) is 4.48. The highest BCUT2D eigenvalue weighted by molar-refractivity contribution is 7.14. The number of urea groups is 1. The quantitative estimate of drug-likeness (QED) is 0.690. The number of nitrogens with one attached hydrogen (secondary N) is 2. The van der Waals surface area contributed by atoms with Gasteiger partial charge in [0.05, 0.1) is 30.3 Å². The van der Waals surface area contributed by atoms with Crippen molar-refractivity contribution in [2.75, 3.05) is 31.7 Å². The number of rotatable bonds is 7. The van der Waals surface area contributed by atoms with Crippen molar-refractivity contribution >= 4 is 28.4 Å². The molecule has 162 valence electrons. The van der Waals surface area contributed by atoms with Gasteiger partial charge in [0.25, 0.3) is 0 Å². The van der Waals surface area contributed by atoms with Crippen molar-refractivity contribution in [2.24, 2.45) is 0 Å². The molecular weight excluding hydrogens is 421 g/mol. The van der Waals surface area contributed by atoms with Gasteiger partial charge < -0.3 is 15.4 Å². The topological polar surface area (TPSA) is 83.6 Å². The average molecular weight is 442 g/mol. The number of aromatic nitrogens is 1. The molecule has 2 aromatic rings. The molecule has 1 fully saturated rings. The summed E-state index contributed by atoms with van der Waals surface area (Å²) >= 11 is 1.26. The monoisotopic (exact) mass is 442 g/mol. The third-order valence-corrected chi connectivity index (χ3v) is 5.39. The van der Waals surface area contributed by atoms with Crippen molar-refractivity contribution in [1.82, 2.24) is 15.6 Å². The van der Waals surface area contributed by atoms with Crippen LogP contribution >= 0.6 is 11.3 Å². The highest BCUT2D eigenvalue weighted by Gasteiger charge is 2.31. The van der Waals surface area contributed by atoms with Crippen LogP contribution in [0.5, 0.6) is 0 Å². The minimum absolute atomic E-state index is 0.0172. The summed E-state index contributed by atoms with van der Waals surface area (Å²) in [7, 11) is 1.41. The van der Waals surface area contributed by atoms with Gasteiger partial charge in [-0.3, -0.25) is 9.69 Å². The average Bonchev–Trinajstić information content (AvgIpc) is 3.15. The zero-order chi connectivity index (χ0) is 21.7. The van der Waals surface area contributed by atoms with Crippen LogP contribution in [0.1, 0.15) is 29.3 Å². The van der Waals surface area contributed by atoms with Crippen LogP contribution in [-0.2, 0) is 22.1 Å². The second-order valence-corrected chi connectivity index (χ2v) is 7.57. The maximum atomic E-state index is 13.0. The van der Waals surface area contributed by atoms with Crippen molar-refractivity contribution in [3.8, 4) is 0 Å². The lowest BCUT2D eigenvalue weighted by Crippen LogP contribution is -2.46. The van der Waals surface area contributed by atoms with E-state index in [-0.39, 0.29) is 19.1 Å². The molecule has 7 nitrogen and oxygen atoms in total. The highest BCUT2D eigenvalue weighted by Crippen LogP contribution is 2.31. The molecule has 3 amide bonds. The lowest BCUT2D eigenvalue weighted by Gasteiger charge is -2.24. The Morgan fingerprint density at radius 1 is 1.43 bits per heavy atom. The maximum absolute atomic E-state index is 13.0. The fraction of sp³-hybridized carbons (Fsp3) is 0.421. The van der Waals surface area contributed by atoms with Gasteiger partial charge in [0.2, 0.25) is 5.91 Å². The Hall–Kier alpha value is -2.66. The molecule has 1 aromatic carbocycles. The molecule has 0 bridgehead atoms. The fourth-order valence-electron chi connectivity index (χ4n) is 3.04. The molecule has 2 heterocycles. The summed E-state index contributed by atoms with van der Waals surface area (Å²) in [6.45, 7) is 1.19. The van der Waals surface area contributed by atoms with Crippen LogP contribution < -0.4 is 15.5 Å². The maximum Gasteiger partial charge on any atom is 0.416 e. The molecule has 1 saturated heterocycles. The first-order valence-corrected chi connectivity index (χ1v) is 10.1. The summed E-state index contributed by atoms with van der Waals surface area (Å²) in [6.07, 6.45) is -3.74. The summed E-state index contributed by atoms with van der Waals surface area (Å²) in [4.78, 5) is 30.3. The fourth-order valence-corrected chi connectivity index (χ4v) is 3.89. The Labute approximate surface area is 175 Å². The van der Waals surface area contributed by atoms with Gasteiger partial charge in [0.1, 0.15) is 0 Å². The van der Waals surface area contributed by atoms with E-state index in [2.05, 4.69) is 15.6 Å². The Morgan fingerprint density at radius 3 is 2.93 bits per heavy atom. The Bertz CT molecular complexity index is 903. The van der Waals surface area contributed by atoms with E-state index in [9.17, 15) is 22.8 Å². The molecule has 1 atom stereocenters. The van der Waals surface area contributed by atoms with Gasteiger partial charge in [-0.05, 0) is 24.1 Å². The zero-order valence-corrected chi connectivity index (χ0v) is 17.0. The molecule has 1 unspecified atom stereocenters. The van der Waals surface area contributed by atoms with Crippen molar-refractivity contribution in [3.63, 3.8) is 0 Å². The number of benzene rings is 1. The van der Waals surface area contributed by atoms with Crippen LogP contribution in [0.3, 0.4) is 0 Å². The molecule has 0 spiro atoms. The van der Waals surface area contributed by atoms with Crippen LogP contribution in [0.15, 0.2) is 29.6 Å². The van der Waals surface area contributed by atoms with Crippen LogP contribution in [-0.4, -0.2) is 43.7 Å². The number of halogens is 3. The van der Waals surface area contributed by atoms with Crippen LogP contribution in [0.25, 0.3) is 0 Å². The van der Waals surface area contributed by atoms with Crippen molar-refractivity contribution in [2.45, 2.75) is 25.1 Å². The second kappa shape index (κ2) is 9.43. The third kappa shape index (κ3) is 5.48.